The maximum atomic E-state index is 10.8. The fourth-order valence-electron chi connectivity index (χ4n) is 2.56. The number of nitro groups is 1. The average molecular weight is 359 g/mol. The number of nitrogens with zero attached hydrogens (tertiary/aromatic N) is 1. The molecule has 2 aromatic rings. The summed E-state index contributed by atoms with van der Waals surface area (Å²) in [5.41, 5.74) is 2.03. The van der Waals surface area contributed by atoms with Crippen LogP contribution in [0.15, 0.2) is 36.4 Å². The lowest BCUT2D eigenvalue weighted by Gasteiger charge is -2.17. The fraction of sp³-hybridized carbons (Fsp3) is 0.263. The molecule has 1 atom stereocenters. The lowest BCUT2D eigenvalue weighted by atomic mass is 9.97. The van der Waals surface area contributed by atoms with Crippen molar-refractivity contribution in [1.82, 2.24) is 0 Å². The number of rotatable bonds is 7. The number of hydrogen-bond donors (Lipinski definition) is 1. The second-order valence-electron chi connectivity index (χ2n) is 5.54. The normalized spacial score (nSPS) is 12.4. The van der Waals surface area contributed by atoms with Crippen molar-refractivity contribution in [2.24, 2.45) is 0 Å². The molecule has 0 saturated heterocycles. The molecule has 0 aliphatic carbocycles. The van der Waals surface area contributed by atoms with E-state index in [1.165, 1.54) is 33.5 Å². The Bertz CT molecular complexity index is 786. The van der Waals surface area contributed by atoms with E-state index < -0.39 is 11.0 Å². The minimum absolute atomic E-state index is 0.00790. The molecule has 0 aliphatic heterocycles. The van der Waals surface area contributed by atoms with Crippen LogP contribution in [0, 0.1) is 10.1 Å². The van der Waals surface area contributed by atoms with Gasteiger partial charge in [-0.05, 0) is 54.0 Å². The second-order valence-corrected chi connectivity index (χ2v) is 5.54. The van der Waals surface area contributed by atoms with Crippen LogP contribution >= 0.6 is 0 Å². The molecule has 0 radical (unpaired) electrons. The molecular weight excluding hydrogens is 338 g/mol. The van der Waals surface area contributed by atoms with Crippen LogP contribution < -0.4 is 14.2 Å². The van der Waals surface area contributed by atoms with E-state index in [4.69, 9.17) is 14.2 Å². The molecule has 0 saturated carbocycles. The molecular formula is C19H21NO6. The van der Waals surface area contributed by atoms with Crippen molar-refractivity contribution < 1.29 is 24.2 Å². The van der Waals surface area contributed by atoms with E-state index >= 15 is 0 Å². The van der Waals surface area contributed by atoms with Crippen molar-refractivity contribution in [3.63, 3.8) is 0 Å². The van der Waals surface area contributed by atoms with Crippen LogP contribution in [-0.4, -0.2) is 37.5 Å². The van der Waals surface area contributed by atoms with Gasteiger partial charge in [-0.1, -0.05) is 0 Å². The number of benzene rings is 2. The maximum Gasteiger partial charge on any atom is 0.269 e. The zero-order valence-corrected chi connectivity index (χ0v) is 15.1. The summed E-state index contributed by atoms with van der Waals surface area (Å²) in [5.74, 6) is 1.40. The summed E-state index contributed by atoms with van der Waals surface area (Å²) in [6, 6.07) is 9.56. The molecule has 0 aromatic heterocycles. The van der Waals surface area contributed by atoms with Crippen molar-refractivity contribution in [2.45, 2.75) is 13.0 Å². The molecule has 1 N–H and O–H groups in total. The Morgan fingerprint density at radius 1 is 1.08 bits per heavy atom. The highest BCUT2D eigenvalue weighted by molar-refractivity contribution is 5.85. The Morgan fingerprint density at radius 3 is 2.00 bits per heavy atom. The fourth-order valence-corrected chi connectivity index (χ4v) is 2.56. The smallest absolute Gasteiger partial charge is 0.269 e. The van der Waals surface area contributed by atoms with Gasteiger partial charge in [0.1, 0.15) is 0 Å². The maximum absolute atomic E-state index is 10.8. The van der Waals surface area contributed by atoms with Gasteiger partial charge in [0, 0.05) is 12.1 Å². The Balaban J connectivity index is 2.54. The first kappa shape index (κ1) is 19.3. The zero-order valence-electron chi connectivity index (χ0n) is 15.1. The molecule has 0 fully saturated rings. The third-order valence-electron chi connectivity index (χ3n) is 3.87. The SMILES string of the molecule is COc1cc(/C(=C/c2ccc([N+](=O)[O-])cc2)C(C)O)cc(OC)c1OC. The number of ether oxygens (including phenoxy) is 3. The predicted molar refractivity (Wildman–Crippen MR) is 98.7 cm³/mol. The highest BCUT2D eigenvalue weighted by Crippen LogP contribution is 2.40. The van der Waals surface area contributed by atoms with Gasteiger partial charge in [-0.2, -0.15) is 0 Å². The number of hydrogen-bond acceptors (Lipinski definition) is 6. The minimum Gasteiger partial charge on any atom is -0.493 e. The molecule has 26 heavy (non-hydrogen) atoms. The number of methoxy groups -OCH3 is 3. The van der Waals surface area contributed by atoms with Crippen LogP contribution in [-0.2, 0) is 0 Å². The molecule has 0 aliphatic rings. The highest BCUT2D eigenvalue weighted by Gasteiger charge is 2.17. The summed E-state index contributed by atoms with van der Waals surface area (Å²) in [5, 5.41) is 21.0. The second kappa shape index (κ2) is 8.35. The lowest BCUT2D eigenvalue weighted by Crippen LogP contribution is -2.05. The van der Waals surface area contributed by atoms with Crippen LogP contribution in [0.5, 0.6) is 17.2 Å². The summed E-state index contributed by atoms with van der Waals surface area (Å²) in [7, 11) is 4.55. The monoisotopic (exact) mass is 359 g/mol. The Morgan fingerprint density at radius 2 is 1.62 bits per heavy atom. The average Bonchev–Trinajstić information content (AvgIpc) is 2.64. The highest BCUT2D eigenvalue weighted by atomic mass is 16.6. The molecule has 2 aromatic carbocycles. The van der Waals surface area contributed by atoms with Crippen molar-refractivity contribution in [3.05, 3.63) is 57.6 Å². The Labute approximate surface area is 151 Å². The third kappa shape index (κ3) is 4.12. The van der Waals surface area contributed by atoms with Gasteiger partial charge < -0.3 is 19.3 Å². The van der Waals surface area contributed by atoms with Gasteiger partial charge in [0.05, 0.1) is 32.4 Å². The molecule has 7 heteroatoms. The molecule has 0 amide bonds. The first-order valence-corrected chi connectivity index (χ1v) is 7.85. The van der Waals surface area contributed by atoms with Gasteiger partial charge in [0.25, 0.3) is 5.69 Å². The van der Waals surface area contributed by atoms with E-state index in [9.17, 15) is 15.2 Å². The van der Waals surface area contributed by atoms with Crippen LogP contribution in [0.25, 0.3) is 11.6 Å². The lowest BCUT2D eigenvalue weighted by molar-refractivity contribution is -0.384. The van der Waals surface area contributed by atoms with E-state index in [1.54, 1.807) is 37.3 Å². The van der Waals surface area contributed by atoms with Crippen LogP contribution in [0.2, 0.25) is 0 Å². The largest absolute Gasteiger partial charge is 0.493 e. The van der Waals surface area contributed by atoms with E-state index in [2.05, 4.69) is 0 Å². The molecule has 2 rings (SSSR count). The van der Waals surface area contributed by atoms with E-state index in [0.29, 0.717) is 28.4 Å². The number of non-ortho nitro benzene ring substituents is 1. The first-order chi connectivity index (χ1) is 12.4. The van der Waals surface area contributed by atoms with E-state index in [-0.39, 0.29) is 5.69 Å². The summed E-state index contributed by atoms with van der Waals surface area (Å²) in [4.78, 5) is 10.3. The Hall–Kier alpha value is -3.06. The van der Waals surface area contributed by atoms with Gasteiger partial charge in [-0.15, -0.1) is 0 Å². The topological polar surface area (TPSA) is 91.1 Å². The summed E-state index contributed by atoms with van der Waals surface area (Å²) in [6.07, 6.45) is 0.975. The van der Waals surface area contributed by atoms with Crippen LogP contribution in [0.3, 0.4) is 0 Å². The molecule has 7 nitrogen and oxygen atoms in total. The zero-order chi connectivity index (χ0) is 19.3. The van der Waals surface area contributed by atoms with Gasteiger partial charge in [-0.25, -0.2) is 0 Å². The van der Waals surface area contributed by atoms with E-state index in [0.717, 1.165) is 5.56 Å². The van der Waals surface area contributed by atoms with Crippen LogP contribution in [0.4, 0.5) is 5.69 Å². The van der Waals surface area contributed by atoms with E-state index in [1.807, 2.05) is 0 Å². The van der Waals surface area contributed by atoms with Gasteiger partial charge >= 0.3 is 0 Å². The van der Waals surface area contributed by atoms with Crippen LogP contribution in [0.1, 0.15) is 18.1 Å². The standard InChI is InChI=1S/C19H21NO6/c1-12(21)16(9-13-5-7-15(8-6-13)20(22)23)14-10-17(24-2)19(26-4)18(11-14)25-3/h5-12,21H,1-4H3/b16-9+. The third-order valence-corrected chi connectivity index (χ3v) is 3.87. The minimum atomic E-state index is -0.784. The number of nitro benzene ring substituents is 1. The van der Waals surface area contributed by atoms with Gasteiger partial charge in [-0.3, -0.25) is 10.1 Å². The Kier molecular flexibility index (Phi) is 6.19. The van der Waals surface area contributed by atoms with Crippen molar-refractivity contribution in [2.75, 3.05) is 21.3 Å². The van der Waals surface area contributed by atoms with Crippen molar-refractivity contribution in [1.29, 1.82) is 0 Å². The number of aliphatic hydroxyl groups excluding tert-OH is 1. The van der Waals surface area contributed by atoms with Gasteiger partial charge in [0.15, 0.2) is 11.5 Å². The molecule has 0 heterocycles. The number of aliphatic hydroxyl groups is 1. The molecule has 0 spiro atoms. The van der Waals surface area contributed by atoms with Crippen molar-refractivity contribution in [3.8, 4) is 17.2 Å². The molecule has 1 unspecified atom stereocenters. The van der Waals surface area contributed by atoms with Crippen molar-refractivity contribution >= 4 is 17.3 Å². The summed E-state index contributed by atoms with van der Waals surface area (Å²) >= 11 is 0. The quantitative estimate of drug-likeness (QED) is 0.462. The van der Waals surface area contributed by atoms with Gasteiger partial charge in [0.2, 0.25) is 5.75 Å². The molecule has 0 bridgehead atoms. The summed E-state index contributed by atoms with van der Waals surface area (Å²) in [6.45, 7) is 1.64. The summed E-state index contributed by atoms with van der Waals surface area (Å²) < 4.78 is 16.0. The molecule has 138 valence electrons. The predicted octanol–water partition coefficient (Wildman–Crippen LogP) is 3.54. The first-order valence-electron chi connectivity index (χ1n) is 7.85.